The van der Waals surface area contributed by atoms with E-state index in [0.717, 1.165) is 25.3 Å². The van der Waals surface area contributed by atoms with Crippen LogP contribution < -0.4 is 5.32 Å². The quantitative estimate of drug-likeness (QED) is 0.745. The van der Waals surface area contributed by atoms with Crippen LogP contribution in [-0.2, 0) is 4.74 Å². The van der Waals surface area contributed by atoms with Crippen LogP contribution in [0.3, 0.4) is 0 Å². The molecule has 2 heterocycles. The molecule has 2 aliphatic rings. The first-order valence-electron chi connectivity index (χ1n) is 6.38. The molecule has 1 atom stereocenters. The highest BCUT2D eigenvalue weighted by atomic mass is 16.5. The lowest BCUT2D eigenvalue weighted by atomic mass is 10.0. The van der Waals surface area contributed by atoms with Crippen molar-refractivity contribution in [2.45, 2.75) is 44.2 Å². The Morgan fingerprint density at radius 3 is 2.53 bits per heavy atom. The van der Waals surface area contributed by atoms with Crippen molar-refractivity contribution < 1.29 is 4.74 Å². The van der Waals surface area contributed by atoms with Gasteiger partial charge in [0.15, 0.2) is 0 Å². The summed E-state index contributed by atoms with van der Waals surface area (Å²) in [4.78, 5) is 2.62. The summed E-state index contributed by atoms with van der Waals surface area (Å²) in [5, 5.41) is 3.48. The Balaban J connectivity index is 1.83. The second-order valence-corrected chi connectivity index (χ2v) is 4.84. The zero-order valence-electron chi connectivity index (χ0n) is 9.87. The van der Waals surface area contributed by atoms with Crippen molar-refractivity contribution in [2.24, 2.45) is 0 Å². The topological polar surface area (TPSA) is 24.5 Å². The van der Waals surface area contributed by atoms with Gasteiger partial charge in [-0.1, -0.05) is 0 Å². The normalized spacial score (nSPS) is 30.4. The van der Waals surface area contributed by atoms with Gasteiger partial charge in [-0.25, -0.2) is 0 Å². The largest absolute Gasteiger partial charge is 0.381 e. The monoisotopic (exact) mass is 212 g/mol. The lowest BCUT2D eigenvalue weighted by Gasteiger charge is -2.36. The molecule has 1 unspecified atom stereocenters. The Labute approximate surface area is 93.2 Å². The number of hydrogen-bond acceptors (Lipinski definition) is 3. The minimum absolute atomic E-state index is 0.766. The van der Waals surface area contributed by atoms with Gasteiger partial charge in [-0.3, -0.25) is 0 Å². The molecular weight excluding hydrogens is 188 g/mol. The van der Waals surface area contributed by atoms with Crippen LogP contribution in [0.25, 0.3) is 0 Å². The van der Waals surface area contributed by atoms with E-state index >= 15 is 0 Å². The molecule has 0 spiro atoms. The van der Waals surface area contributed by atoms with E-state index in [0.29, 0.717) is 0 Å². The Morgan fingerprint density at radius 2 is 1.73 bits per heavy atom. The van der Waals surface area contributed by atoms with Gasteiger partial charge in [0, 0.05) is 25.3 Å². The zero-order chi connectivity index (χ0) is 10.5. The molecule has 0 bridgehead atoms. The Hall–Kier alpha value is -0.120. The van der Waals surface area contributed by atoms with E-state index in [2.05, 4.69) is 17.3 Å². The lowest BCUT2D eigenvalue weighted by molar-refractivity contribution is 0.0265. The Bertz CT molecular complexity index is 172. The third-order valence-electron chi connectivity index (χ3n) is 3.89. The van der Waals surface area contributed by atoms with Crippen LogP contribution in [0.5, 0.6) is 0 Å². The molecule has 15 heavy (non-hydrogen) atoms. The van der Waals surface area contributed by atoms with Crippen molar-refractivity contribution in [3.63, 3.8) is 0 Å². The fraction of sp³-hybridized carbons (Fsp3) is 1.00. The highest BCUT2D eigenvalue weighted by Gasteiger charge is 2.24. The lowest BCUT2D eigenvalue weighted by Crippen LogP contribution is -2.43. The first-order chi connectivity index (χ1) is 7.38. The Kier molecular flexibility index (Phi) is 4.42. The van der Waals surface area contributed by atoms with Crippen molar-refractivity contribution in [1.82, 2.24) is 10.2 Å². The molecule has 0 aromatic heterocycles. The molecule has 2 aliphatic heterocycles. The van der Waals surface area contributed by atoms with Gasteiger partial charge >= 0.3 is 0 Å². The average molecular weight is 212 g/mol. The molecule has 0 aliphatic carbocycles. The van der Waals surface area contributed by atoms with Gasteiger partial charge in [-0.05, 0) is 52.2 Å². The first kappa shape index (κ1) is 11.4. The Morgan fingerprint density at radius 1 is 1.00 bits per heavy atom. The highest BCUT2D eigenvalue weighted by Crippen LogP contribution is 2.20. The summed E-state index contributed by atoms with van der Waals surface area (Å²) in [7, 11) is 2.31. The van der Waals surface area contributed by atoms with Crippen molar-refractivity contribution in [3.05, 3.63) is 0 Å². The van der Waals surface area contributed by atoms with Gasteiger partial charge in [0.1, 0.15) is 0 Å². The van der Waals surface area contributed by atoms with Gasteiger partial charge in [0.05, 0.1) is 0 Å². The number of rotatable bonds is 2. The summed E-state index contributed by atoms with van der Waals surface area (Å²) < 4.78 is 5.42. The van der Waals surface area contributed by atoms with Crippen molar-refractivity contribution >= 4 is 0 Å². The van der Waals surface area contributed by atoms with E-state index in [4.69, 9.17) is 4.74 Å². The molecule has 0 aromatic rings. The van der Waals surface area contributed by atoms with Crippen LogP contribution in [-0.4, -0.2) is 50.3 Å². The van der Waals surface area contributed by atoms with E-state index in [1.54, 1.807) is 0 Å². The van der Waals surface area contributed by atoms with Crippen molar-refractivity contribution in [2.75, 3.05) is 33.4 Å². The van der Waals surface area contributed by atoms with Crippen LogP contribution in [0.2, 0.25) is 0 Å². The second kappa shape index (κ2) is 5.83. The second-order valence-electron chi connectivity index (χ2n) is 4.84. The highest BCUT2D eigenvalue weighted by molar-refractivity contribution is 4.80. The maximum atomic E-state index is 5.42. The molecule has 1 N–H and O–H groups in total. The van der Waals surface area contributed by atoms with Gasteiger partial charge in [-0.2, -0.15) is 0 Å². The van der Waals surface area contributed by atoms with E-state index in [1.807, 2.05) is 0 Å². The third kappa shape index (κ3) is 3.16. The van der Waals surface area contributed by atoms with Gasteiger partial charge in [-0.15, -0.1) is 0 Å². The van der Waals surface area contributed by atoms with Crippen LogP contribution in [0, 0.1) is 0 Å². The van der Waals surface area contributed by atoms with Crippen LogP contribution in [0.4, 0.5) is 0 Å². The molecular formula is C12H24N2O. The number of hydrogen-bond donors (Lipinski definition) is 1. The maximum absolute atomic E-state index is 5.42. The summed E-state index contributed by atoms with van der Waals surface area (Å²) in [5.41, 5.74) is 0. The molecule has 0 amide bonds. The van der Waals surface area contributed by atoms with E-state index < -0.39 is 0 Å². The molecule has 3 heteroatoms. The molecule has 0 aromatic carbocycles. The minimum atomic E-state index is 0.766. The summed E-state index contributed by atoms with van der Waals surface area (Å²) in [6.45, 7) is 4.32. The van der Waals surface area contributed by atoms with Gasteiger partial charge in [0.25, 0.3) is 0 Å². The van der Waals surface area contributed by atoms with E-state index in [-0.39, 0.29) is 0 Å². The van der Waals surface area contributed by atoms with Crippen LogP contribution in [0.1, 0.15) is 32.1 Å². The predicted molar refractivity (Wildman–Crippen MR) is 62.1 cm³/mol. The summed E-state index contributed by atoms with van der Waals surface area (Å²) in [6.07, 6.45) is 6.45. The third-order valence-corrected chi connectivity index (χ3v) is 3.89. The maximum Gasteiger partial charge on any atom is 0.0480 e. The molecule has 2 fully saturated rings. The summed E-state index contributed by atoms with van der Waals surface area (Å²) in [6, 6.07) is 1.56. The van der Waals surface area contributed by atoms with Crippen LogP contribution in [0.15, 0.2) is 0 Å². The zero-order valence-corrected chi connectivity index (χ0v) is 9.87. The average Bonchev–Trinajstić information content (AvgIpc) is 2.58. The first-order valence-corrected chi connectivity index (χ1v) is 6.38. The van der Waals surface area contributed by atoms with Crippen molar-refractivity contribution in [3.8, 4) is 0 Å². The van der Waals surface area contributed by atoms with Gasteiger partial charge < -0.3 is 15.0 Å². The fourth-order valence-electron chi connectivity index (χ4n) is 2.80. The molecule has 88 valence electrons. The molecule has 0 saturated carbocycles. The number of nitrogens with one attached hydrogen (secondary N) is 1. The smallest absolute Gasteiger partial charge is 0.0480 e. The molecule has 2 rings (SSSR count). The molecule has 2 saturated heterocycles. The summed E-state index contributed by atoms with van der Waals surface area (Å²) in [5.74, 6) is 0. The summed E-state index contributed by atoms with van der Waals surface area (Å²) >= 11 is 0. The van der Waals surface area contributed by atoms with Crippen molar-refractivity contribution in [1.29, 1.82) is 0 Å². The fourth-order valence-corrected chi connectivity index (χ4v) is 2.80. The van der Waals surface area contributed by atoms with E-state index in [9.17, 15) is 0 Å². The van der Waals surface area contributed by atoms with E-state index in [1.165, 1.54) is 45.2 Å². The number of ether oxygens (including phenoxy) is 1. The van der Waals surface area contributed by atoms with Crippen LogP contribution >= 0.6 is 0 Å². The van der Waals surface area contributed by atoms with Gasteiger partial charge in [0.2, 0.25) is 0 Å². The minimum Gasteiger partial charge on any atom is -0.381 e. The molecule has 3 nitrogen and oxygen atoms in total. The number of nitrogens with zero attached hydrogens (tertiary/aromatic N) is 1. The standard InChI is InChI=1S/C12H24N2O/c1-14(12-5-9-15-10-6-12)11-3-2-7-13-8-4-11/h11-13H,2-10H2,1H3. The predicted octanol–water partition coefficient (Wildman–Crippen LogP) is 1.24. The molecule has 0 radical (unpaired) electrons. The SMILES string of the molecule is CN(C1CCCNCC1)C1CCOCC1.